The molecule has 1 aromatic carbocycles. The van der Waals surface area contributed by atoms with Gasteiger partial charge in [0.25, 0.3) is 0 Å². The van der Waals surface area contributed by atoms with Crippen LogP contribution in [-0.2, 0) is 0 Å². The molecule has 20 heavy (non-hydrogen) atoms. The van der Waals surface area contributed by atoms with Gasteiger partial charge in [-0.15, -0.1) is 0 Å². The third-order valence-corrected chi connectivity index (χ3v) is 3.27. The van der Waals surface area contributed by atoms with Crippen LogP contribution in [0.4, 0.5) is 5.69 Å². The predicted octanol–water partition coefficient (Wildman–Crippen LogP) is 4.87. The van der Waals surface area contributed by atoms with Crippen LogP contribution in [0, 0.1) is 16.7 Å². The molecule has 3 nitrogen and oxygen atoms in total. The number of rotatable bonds is 7. The molecule has 1 rings (SSSR count). The molecule has 0 aliphatic heterocycles. The van der Waals surface area contributed by atoms with E-state index in [2.05, 4.69) is 25.2 Å². The molecule has 0 fully saturated rings. The summed E-state index contributed by atoms with van der Waals surface area (Å²) in [6.07, 6.45) is 1.56. The second-order valence-corrected chi connectivity index (χ2v) is 6.39. The van der Waals surface area contributed by atoms with Crippen LogP contribution in [0.5, 0.6) is 5.75 Å². The first-order valence-electron chi connectivity index (χ1n) is 6.91. The van der Waals surface area contributed by atoms with E-state index in [-0.39, 0.29) is 11.5 Å². The van der Waals surface area contributed by atoms with Crippen LogP contribution in [0.15, 0.2) is 18.2 Å². The zero-order valence-corrected chi connectivity index (χ0v) is 13.4. The smallest absolute Gasteiger partial charge is 0.138 e. The fraction of sp³-hybridized carbons (Fsp3) is 0.562. The molecular formula is C16H23ClN2O. The summed E-state index contributed by atoms with van der Waals surface area (Å²) in [5.74, 6) is 0.705. The number of hydrogen-bond acceptors (Lipinski definition) is 3. The fourth-order valence-corrected chi connectivity index (χ4v) is 2.01. The average Bonchev–Trinajstić information content (AvgIpc) is 2.37. The van der Waals surface area contributed by atoms with Gasteiger partial charge >= 0.3 is 0 Å². The fourth-order valence-electron chi connectivity index (χ4n) is 1.78. The van der Waals surface area contributed by atoms with Crippen molar-refractivity contribution in [3.63, 3.8) is 0 Å². The zero-order valence-electron chi connectivity index (χ0n) is 12.7. The highest BCUT2D eigenvalue weighted by Gasteiger charge is 2.17. The second kappa shape index (κ2) is 7.40. The Kier molecular flexibility index (Phi) is 6.16. The Labute approximate surface area is 126 Å². The number of nitriles is 1. The Balaban J connectivity index is 2.61. The normalized spacial score (nSPS) is 11.2. The molecule has 0 aliphatic rings. The Morgan fingerprint density at radius 1 is 1.40 bits per heavy atom. The molecule has 0 unspecified atom stereocenters. The number of anilines is 1. The van der Waals surface area contributed by atoms with Gasteiger partial charge in [0.15, 0.2) is 0 Å². The Morgan fingerprint density at radius 2 is 2.10 bits per heavy atom. The lowest BCUT2D eigenvalue weighted by molar-refractivity contribution is 0.242. The maximum absolute atomic E-state index is 8.65. The van der Waals surface area contributed by atoms with Gasteiger partial charge in [0.05, 0.1) is 17.2 Å². The van der Waals surface area contributed by atoms with E-state index >= 15 is 0 Å². The van der Waals surface area contributed by atoms with Gasteiger partial charge in [0, 0.05) is 18.7 Å². The van der Waals surface area contributed by atoms with Crippen LogP contribution < -0.4 is 10.1 Å². The number of halogens is 1. The van der Waals surface area contributed by atoms with Crippen molar-refractivity contribution >= 4 is 17.3 Å². The molecule has 1 N–H and O–H groups in total. The first-order chi connectivity index (χ1) is 9.34. The minimum atomic E-state index is 0.0787. The molecule has 0 bridgehead atoms. The monoisotopic (exact) mass is 294 g/mol. The van der Waals surface area contributed by atoms with Crippen molar-refractivity contribution in [2.24, 2.45) is 5.41 Å². The largest absolute Gasteiger partial charge is 0.489 e. The zero-order chi connectivity index (χ0) is 15.2. The minimum absolute atomic E-state index is 0.0787. The standard InChI is InChI=1S/C16H23ClN2O/c1-12(2)20-15-7-6-13(10-14(15)17)19-11-16(3,4)8-5-9-18/h6-7,10,12,19H,5,8,11H2,1-4H3. The van der Waals surface area contributed by atoms with Gasteiger partial charge in [-0.1, -0.05) is 25.4 Å². The van der Waals surface area contributed by atoms with Gasteiger partial charge in [-0.3, -0.25) is 0 Å². The number of nitrogens with one attached hydrogen (secondary N) is 1. The molecule has 0 aromatic heterocycles. The van der Waals surface area contributed by atoms with E-state index in [4.69, 9.17) is 21.6 Å². The Morgan fingerprint density at radius 3 is 2.65 bits per heavy atom. The van der Waals surface area contributed by atoms with Crippen molar-refractivity contribution in [3.05, 3.63) is 23.2 Å². The molecule has 0 radical (unpaired) electrons. The summed E-state index contributed by atoms with van der Waals surface area (Å²) in [7, 11) is 0. The van der Waals surface area contributed by atoms with Gasteiger partial charge in [-0.05, 0) is 43.9 Å². The average molecular weight is 295 g/mol. The Hall–Kier alpha value is -1.40. The molecule has 1 aromatic rings. The number of hydrogen-bond donors (Lipinski definition) is 1. The van der Waals surface area contributed by atoms with E-state index in [0.29, 0.717) is 17.2 Å². The lowest BCUT2D eigenvalue weighted by Gasteiger charge is -2.24. The van der Waals surface area contributed by atoms with E-state index in [1.165, 1.54) is 0 Å². The quantitative estimate of drug-likeness (QED) is 0.780. The maximum atomic E-state index is 8.65. The predicted molar refractivity (Wildman–Crippen MR) is 84.3 cm³/mol. The van der Waals surface area contributed by atoms with Crippen LogP contribution in [0.1, 0.15) is 40.5 Å². The molecular weight excluding hydrogens is 272 g/mol. The van der Waals surface area contributed by atoms with Crippen molar-refractivity contribution in [1.82, 2.24) is 0 Å². The van der Waals surface area contributed by atoms with Crippen molar-refractivity contribution in [3.8, 4) is 11.8 Å². The summed E-state index contributed by atoms with van der Waals surface area (Å²) in [5, 5.41) is 12.6. The second-order valence-electron chi connectivity index (χ2n) is 5.99. The van der Waals surface area contributed by atoms with E-state index in [1.807, 2.05) is 32.0 Å². The van der Waals surface area contributed by atoms with Crippen LogP contribution >= 0.6 is 11.6 Å². The van der Waals surface area contributed by atoms with Crippen molar-refractivity contribution in [2.45, 2.75) is 46.6 Å². The third-order valence-electron chi connectivity index (χ3n) is 2.98. The van der Waals surface area contributed by atoms with Gasteiger partial charge < -0.3 is 10.1 Å². The molecule has 4 heteroatoms. The summed E-state index contributed by atoms with van der Waals surface area (Å²) >= 11 is 6.20. The van der Waals surface area contributed by atoms with Crippen molar-refractivity contribution in [2.75, 3.05) is 11.9 Å². The van der Waals surface area contributed by atoms with Gasteiger partial charge in [0.2, 0.25) is 0 Å². The summed E-state index contributed by atoms with van der Waals surface area (Å²) in [6.45, 7) is 9.04. The molecule has 0 saturated carbocycles. The lowest BCUT2D eigenvalue weighted by Crippen LogP contribution is -2.22. The summed E-state index contributed by atoms with van der Waals surface area (Å²) in [6, 6.07) is 7.91. The minimum Gasteiger partial charge on any atom is -0.489 e. The van der Waals surface area contributed by atoms with Gasteiger partial charge in [-0.25, -0.2) is 0 Å². The summed E-state index contributed by atoms with van der Waals surface area (Å²) < 4.78 is 5.60. The highest BCUT2D eigenvalue weighted by Crippen LogP contribution is 2.29. The topological polar surface area (TPSA) is 45.0 Å². The molecule has 0 atom stereocenters. The van der Waals surface area contributed by atoms with Gasteiger partial charge in [-0.2, -0.15) is 5.26 Å². The Bertz CT molecular complexity index is 478. The number of nitrogens with zero attached hydrogens (tertiary/aromatic N) is 1. The van der Waals surface area contributed by atoms with E-state index < -0.39 is 0 Å². The maximum Gasteiger partial charge on any atom is 0.138 e. The van der Waals surface area contributed by atoms with Crippen LogP contribution in [0.2, 0.25) is 5.02 Å². The third kappa shape index (κ3) is 5.71. The van der Waals surface area contributed by atoms with E-state index in [1.54, 1.807) is 0 Å². The molecule has 0 spiro atoms. The van der Waals surface area contributed by atoms with Gasteiger partial charge in [0.1, 0.15) is 5.75 Å². The summed E-state index contributed by atoms with van der Waals surface area (Å²) in [5.41, 5.74) is 1.05. The van der Waals surface area contributed by atoms with Crippen LogP contribution in [-0.4, -0.2) is 12.6 Å². The molecule has 110 valence electrons. The van der Waals surface area contributed by atoms with Crippen LogP contribution in [0.3, 0.4) is 0 Å². The summed E-state index contributed by atoms with van der Waals surface area (Å²) in [4.78, 5) is 0. The highest BCUT2D eigenvalue weighted by atomic mass is 35.5. The van der Waals surface area contributed by atoms with E-state index in [9.17, 15) is 0 Å². The first-order valence-corrected chi connectivity index (χ1v) is 7.29. The first kappa shape index (κ1) is 16.7. The van der Waals surface area contributed by atoms with Crippen molar-refractivity contribution < 1.29 is 4.74 Å². The van der Waals surface area contributed by atoms with E-state index in [0.717, 1.165) is 18.7 Å². The molecule has 0 heterocycles. The molecule has 0 aliphatic carbocycles. The number of benzene rings is 1. The molecule has 0 amide bonds. The highest BCUT2D eigenvalue weighted by molar-refractivity contribution is 6.32. The van der Waals surface area contributed by atoms with Crippen molar-refractivity contribution in [1.29, 1.82) is 5.26 Å². The SMILES string of the molecule is CC(C)Oc1ccc(NCC(C)(C)CCC#N)cc1Cl. The lowest BCUT2D eigenvalue weighted by atomic mass is 9.88. The molecule has 0 saturated heterocycles. The van der Waals surface area contributed by atoms with Crippen LogP contribution in [0.25, 0.3) is 0 Å². The number of ether oxygens (including phenoxy) is 1.